The van der Waals surface area contributed by atoms with Crippen molar-refractivity contribution < 1.29 is 0 Å². The Morgan fingerprint density at radius 2 is 2.47 bits per heavy atom. The molecule has 1 aliphatic heterocycles. The molecule has 1 atom stereocenters. The molecule has 0 saturated carbocycles. The van der Waals surface area contributed by atoms with Gasteiger partial charge in [-0.15, -0.1) is 0 Å². The van der Waals surface area contributed by atoms with E-state index in [0.717, 1.165) is 32.0 Å². The first-order valence-electron chi connectivity index (χ1n) is 5.29. The van der Waals surface area contributed by atoms with Gasteiger partial charge in [0.15, 0.2) is 0 Å². The van der Waals surface area contributed by atoms with E-state index in [-0.39, 0.29) is 0 Å². The monoisotopic (exact) mass is 228 g/mol. The minimum absolute atomic E-state index is 0.653. The molecule has 0 amide bonds. The molecule has 1 aliphatic rings. The number of imidazole rings is 1. The average Bonchev–Trinajstić information content (AvgIpc) is 2.80. The molecule has 2 N–H and O–H groups in total. The fraction of sp³-hybridized carbons (Fsp3) is 0.700. The van der Waals surface area contributed by atoms with Crippen molar-refractivity contribution in [2.45, 2.75) is 13.0 Å². The molecule has 1 saturated heterocycles. The van der Waals surface area contributed by atoms with Gasteiger partial charge < -0.3 is 10.3 Å². The van der Waals surface area contributed by atoms with E-state index in [0.29, 0.717) is 11.1 Å². The highest BCUT2D eigenvalue weighted by atomic mass is 35.5. The minimum Gasteiger partial charge on any atom is -0.330 e. The lowest BCUT2D eigenvalue weighted by Crippen LogP contribution is -2.24. The molecule has 5 heteroatoms. The Morgan fingerprint density at radius 1 is 1.67 bits per heavy atom. The van der Waals surface area contributed by atoms with E-state index in [1.807, 2.05) is 11.6 Å². The standard InChI is InChI=1S/C10H17ClN4/c1-14-9(11)5-13-10(14)7-15-3-2-8(4-12)6-15/h5,8H,2-4,6-7,12H2,1H3. The van der Waals surface area contributed by atoms with Gasteiger partial charge in [-0.25, -0.2) is 4.98 Å². The third-order valence-corrected chi connectivity index (χ3v) is 3.45. The van der Waals surface area contributed by atoms with Crippen molar-refractivity contribution in [2.24, 2.45) is 18.7 Å². The number of nitrogens with two attached hydrogens (primary N) is 1. The van der Waals surface area contributed by atoms with Gasteiger partial charge in [-0.05, 0) is 25.4 Å². The molecule has 4 nitrogen and oxygen atoms in total. The first-order valence-corrected chi connectivity index (χ1v) is 5.67. The Hall–Kier alpha value is -0.580. The van der Waals surface area contributed by atoms with Gasteiger partial charge in [-0.3, -0.25) is 4.90 Å². The smallest absolute Gasteiger partial charge is 0.128 e. The second-order valence-electron chi connectivity index (χ2n) is 4.18. The zero-order valence-corrected chi connectivity index (χ0v) is 9.74. The predicted molar refractivity (Wildman–Crippen MR) is 60.7 cm³/mol. The Morgan fingerprint density at radius 3 is 3.00 bits per heavy atom. The second kappa shape index (κ2) is 4.51. The fourth-order valence-electron chi connectivity index (χ4n) is 2.02. The lowest BCUT2D eigenvalue weighted by molar-refractivity contribution is 0.306. The first kappa shape index (κ1) is 10.9. The Labute approximate surface area is 95.0 Å². The quantitative estimate of drug-likeness (QED) is 0.835. The highest BCUT2D eigenvalue weighted by molar-refractivity contribution is 6.29. The van der Waals surface area contributed by atoms with Crippen molar-refractivity contribution in [2.75, 3.05) is 19.6 Å². The number of nitrogens with zero attached hydrogens (tertiary/aromatic N) is 3. The zero-order valence-electron chi connectivity index (χ0n) is 8.99. The molecule has 84 valence electrons. The van der Waals surface area contributed by atoms with Gasteiger partial charge in [0.05, 0.1) is 12.7 Å². The van der Waals surface area contributed by atoms with Crippen molar-refractivity contribution in [3.63, 3.8) is 0 Å². The van der Waals surface area contributed by atoms with Crippen LogP contribution >= 0.6 is 11.6 Å². The topological polar surface area (TPSA) is 47.1 Å². The molecule has 0 spiro atoms. The Kier molecular flexibility index (Phi) is 3.29. The van der Waals surface area contributed by atoms with Crippen molar-refractivity contribution >= 4 is 11.6 Å². The van der Waals surface area contributed by atoms with Crippen LogP contribution in [0.1, 0.15) is 12.2 Å². The largest absolute Gasteiger partial charge is 0.330 e. The predicted octanol–water partition coefficient (Wildman–Crippen LogP) is 0.854. The molecule has 1 aromatic heterocycles. The number of rotatable bonds is 3. The van der Waals surface area contributed by atoms with Crippen LogP contribution in [0.5, 0.6) is 0 Å². The maximum absolute atomic E-state index is 5.93. The summed E-state index contributed by atoms with van der Waals surface area (Å²) in [6, 6.07) is 0. The molecule has 0 aromatic carbocycles. The van der Waals surface area contributed by atoms with Crippen LogP contribution in [0, 0.1) is 5.92 Å². The molecule has 1 unspecified atom stereocenters. The number of hydrogen-bond acceptors (Lipinski definition) is 3. The van der Waals surface area contributed by atoms with E-state index in [1.54, 1.807) is 6.20 Å². The molecular weight excluding hydrogens is 212 g/mol. The van der Waals surface area contributed by atoms with Gasteiger partial charge in [0.2, 0.25) is 0 Å². The number of halogens is 1. The summed E-state index contributed by atoms with van der Waals surface area (Å²) in [4.78, 5) is 6.67. The zero-order chi connectivity index (χ0) is 10.8. The van der Waals surface area contributed by atoms with E-state index >= 15 is 0 Å². The maximum atomic E-state index is 5.93. The summed E-state index contributed by atoms with van der Waals surface area (Å²) in [6.45, 7) is 3.87. The number of aromatic nitrogens is 2. The van der Waals surface area contributed by atoms with Gasteiger partial charge in [-0.1, -0.05) is 11.6 Å². The van der Waals surface area contributed by atoms with Crippen LogP contribution in [0.2, 0.25) is 5.15 Å². The van der Waals surface area contributed by atoms with Gasteiger partial charge in [-0.2, -0.15) is 0 Å². The van der Waals surface area contributed by atoms with Crippen LogP contribution in [0.15, 0.2) is 6.20 Å². The minimum atomic E-state index is 0.653. The van der Waals surface area contributed by atoms with Crippen molar-refractivity contribution in [3.05, 3.63) is 17.2 Å². The lowest BCUT2D eigenvalue weighted by Gasteiger charge is -2.15. The molecule has 0 radical (unpaired) electrons. The Balaban J connectivity index is 1.95. The lowest BCUT2D eigenvalue weighted by atomic mass is 10.1. The van der Waals surface area contributed by atoms with E-state index in [9.17, 15) is 0 Å². The summed E-state index contributed by atoms with van der Waals surface area (Å²) in [5.41, 5.74) is 5.65. The van der Waals surface area contributed by atoms with E-state index in [1.165, 1.54) is 6.42 Å². The molecule has 0 bridgehead atoms. The summed E-state index contributed by atoms with van der Waals surface area (Å²) in [5, 5.41) is 0.694. The first-order chi connectivity index (χ1) is 7.20. The SMILES string of the molecule is Cn1c(Cl)cnc1CN1CCC(CN)C1. The summed E-state index contributed by atoms with van der Waals surface area (Å²) in [7, 11) is 1.95. The van der Waals surface area contributed by atoms with Crippen LogP contribution in [0.4, 0.5) is 0 Å². The third kappa shape index (κ3) is 2.33. The van der Waals surface area contributed by atoms with Gasteiger partial charge in [0, 0.05) is 13.6 Å². The second-order valence-corrected chi connectivity index (χ2v) is 4.57. The van der Waals surface area contributed by atoms with Crippen LogP contribution < -0.4 is 5.73 Å². The van der Waals surface area contributed by atoms with Crippen molar-refractivity contribution in [1.29, 1.82) is 0 Å². The van der Waals surface area contributed by atoms with Gasteiger partial charge >= 0.3 is 0 Å². The maximum Gasteiger partial charge on any atom is 0.128 e. The van der Waals surface area contributed by atoms with E-state index in [4.69, 9.17) is 17.3 Å². The van der Waals surface area contributed by atoms with Crippen LogP contribution in [-0.2, 0) is 13.6 Å². The number of likely N-dealkylation sites (tertiary alicyclic amines) is 1. The molecular formula is C10H17ClN4. The van der Waals surface area contributed by atoms with Gasteiger partial charge in [0.25, 0.3) is 0 Å². The normalized spacial score (nSPS) is 22.5. The summed E-state index contributed by atoms with van der Waals surface area (Å²) >= 11 is 5.93. The van der Waals surface area contributed by atoms with E-state index in [2.05, 4.69) is 9.88 Å². The van der Waals surface area contributed by atoms with Crippen molar-refractivity contribution in [3.8, 4) is 0 Å². The molecule has 15 heavy (non-hydrogen) atoms. The molecule has 2 rings (SSSR count). The highest BCUT2D eigenvalue weighted by Gasteiger charge is 2.22. The molecule has 1 aromatic rings. The molecule has 2 heterocycles. The molecule has 0 aliphatic carbocycles. The van der Waals surface area contributed by atoms with Crippen LogP contribution in [0.3, 0.4) is 0 Å². The molecule has 1 fully saturated rings. The summed E-state index contributed by atoms with van der Waals surface area (Å²) in [5.74, 6) is 1.68. The van der Waals surface area contributed by atoms with Gasteiger partial charge in [0.1, 0.15) is 11.0 Å². The fourth-order valence-corrected chi connectivity index (χ4v) is 2.17. The van der Waals surface area contributed by atoms with Crippen LogP contribution in [0.25, 0.3) is 0 Å². The highest BCUT2D eigenvalue weighted by Crippen LogP contribution is 2.18. The summed E-state index contributed by atoms with van der Waals surface area (Å²) < 4.78 is 1.93. The van der Waals surface area contributed by atoms with Crippen LogP contribution in [-0.4, -0.2) is 34.1 Å². The van der Waals surface area contributed by atoms with Crippen molar-refractivity contribution in [1.82, 2.24) is 14.5 Å². The summed E-state index contributed by atoms with van der Waals surface area (Å²) in [6.07, 6.45) is 2.90. The average molecular weight is 229 g/mol. The Bertz CT molecular complexity index is 336. The van der Waals surface area contributed by atoms with E-state index < -0.39 is 0 Å². The number of hydrogen-bond donors (Lipinski definition) is 1. The third-order valence-electron chi connectivity index (χ3n) is 3.10.